The van der Waals surface area contributed by atoms with E-state index in [9.17, 15) is 0 Å². The van der Waals surface area contributed by atoms with Gasteiger partial charge in [0, 0.05) is 0 Å². The molecule has 0 saturated heterocycles. The molecule has 0 fully saturated rings. The summed E-state index contributed by atoms with van der Waals surface area (Å²) in [6.07, 6.45) is 4.06. The van der Waals surface area contributed by atoms with Gasteiger partial charge >= 0.3 is 0 Å². The van der Waals surface area contributed by atoms with Crippen molar-refractivity contribution >= 4 is 23.5 Å². The van der Waals surface area contributed by atoms with Crippen molar-refractivity contribution < 1.29 is 4.74 Å². The van der Waals surface area contributed by atoms with Gasteiger partial charge in [-0.2, -0.15) is 0 Å². The fraction of sp³-hybridized carbons (Fsp3) is 1.00. The highest BCUT2D eigenvalue weighted by Crippen LogP contribution is 1.96. The number of ether oxygens (including phenoxy) is 1. The van der Waals surface area contributed by atoms with E-state index in [2.05, 4.69) is 0 Å². The second-order valence-corrected chi connectivity index (χ2v) is 2.64. The van der Waals surface area contributed by atoms with Gasteiger partial charge in [0.25, 0.3) is 0 Å². The standard InChI is InChI=1S/C4H10OS2/c1-6-3-5-4-7-2/h3-4H2,1-2H3. The summed E-state index contributed by atoms with van der Waals surface area (Å²) in [4.78, 5) is 0. The molecule has 0 atom stereocenters. The van der Waals surface area contributed by atoms with Crippen molar-refractivity contribution in [3.63, 3.8) is 0 Å². The summed E-state index contributed by atoms with van der Waals surface area (Å²) >= 11 is 3.41. The average Bonchev–Trinajstić information content (AvgIpc) is 1.69. The molecule has 0 aliphatic rings. The molecule has 3 heteroatoms. The minimum atomic E-state index is 0.820. The van der Waals surface area contributed by atoms with Crippen molar-refractivity contribution in [1.29, 1.82) is 0 Å². The maximum atomic E-state index is 5.06. The van der Waals surface area contributed by atoms with Crippen LogP contribution in [0.15, 0.2) is 0 Å². The van der Waals surface area contributed by atoms with Crippen LogP contribution in [0.3, 0.4) is 0 Å². The lowest BCUT2D eigenvalue weighted by molar-refractivity contribution is 0.241. The van der Waals surface area contributed by atoms with Gasteiger partial charge in [-0.25, -0.2) is 0 Å². The van der Waals surface area contributed by atoms with E-state index in [0.717, 1.165) is 11.9 Å². The zero-order valence-corrected chi connectivity index (χ0v) is 6.27. The lowest BCUT2D eigenvalue weighted by Gasteiger charge is -1.94. The van der Waals surface area contributed by atoms with Crippen LogP contribution in [0.5, 0.6) is 0 Å². The van der Waals surface area contributed by atoms with Crippen LogP contribution in [0.1, 0.15) is 0 Å². The highest BCUT2D eigenvalue weighted by molar-refractivity contribution is 7.99. The van der Waals surface area contributed by atoms with E-state index in [0.29, 0.717) is 0 Å². The van der Waals surface area contributed by atoms with Gasteiger partial charge in [0.2, 0.25) is 0 Å². The minimum Gasteiger partial charge on any atom is -0.360 e. The van der Waals surface area contributed by atoms with Crippen LogP contribution in [0.2, 0.25) is 0 Å². The van der Waals surface area contributed by atoms with E-state index >= 15 is 0 Å². The van der Waals surface area contributed by atoms with Crippen molar-refractivity contribution in [3.05, 3.63) is 0 Å². The molecule has 0 radical (unpaired) electrons. The summed E-state index contributed by atoms with van der Waals surface area (Å²) in [6, 6.07) is 0. The summed E-state index contributed by atoms with van der Waals surface area (Å²) in [7, 11) is 0. The van der Waals surface area contributed by atoms with Crippen molar-refractivity contribution in [2.75, 3.05) is 24.4 Å². The van der Waals surface area contributed by atoms with Gasteiger partial charge < -0.3 is 4.74 Å². The summed E-state index contributed by atoms with van der Waals surface area (Å²) in [5.41, 5.74) is 0. The van der Waals surface area contributed by atoms with E-state index in [1.54, 1.807) is 23.5 Å². The first kappa shape index (κ1) is 7.66. The van der Waals surface area contributed by atoms with Crippen molar-refractivity contribution in [2.45, 2.75) is 0 Å². The largest absolute Gasteiger partial charge is 0.360 e. The van der Waals surface area contributed by atoms with Gasteiger partial charge in [0.05, 0.1) is 11.9 Å². The Kier molecular flexibility index (Phi) is 7.29. The molecule has 7 heavy (non-hydrogen) atoms. The zero-order chi connectivity index (χ0) is 5.54. The third kappa shape index (κ3) is 6.66. The van der Waals surface area contributed by atoms with Crippen molar-refractivity contribution in [1.82, 2.24) is 0 Å². The molecule has 0 aromatic rings. The van der Waals surface area contributed by atoms with Gasteiger partial charge in [0.15, 0.2) is 0 Å². The van der Waals surface area contributed by atoms with E-state index < -0.39 is 0 Å². The molecule has 0 spiro atoms. The summed E-state index contributed by atoms with van der Waals surface area (Å²) < 4.78 is 5.06. The lowest BCUT2D eigenvalue weighted by atomic mass is 11.5. The quantitative estimate of drug-likeness (QED) is 0.432. The van der Waals surface area contributed by atoms with E-state index in [1.165, 1.54) is 0 Å². The third-order valence-corrected chi connectivity index (χ3v) is 1.21. The summed E-state index contributed by atoms with van der Waals surface area (Å²) in [5.74, 6) is 1.64. The van der Waals surface area contributed by atoms with Crippen molar-refractivity contribution in [2.24, 2.45) is 0 Å². The highest BCUT2D eigenvalue weighted by atomic mass is 32.2. The molecule has 0 aliphatic carbocycles. The van der Waals surface area contributed by atoms with E-state index in [1.807, 2.05) is 12.5 Å². The SMILES string of the molecule is CSCOCSC. The molecule has 0 saturated carbocycles. The first-order chi connectivity index (χ1) is 3.41. The molecule has 0 aliphatic heterocycles. The Morgan fingerprint density at radius 2 is 1.57 bits per heavy atom. The maximum Gasteiger partial charge on any atom is 0.0929 e. The third-order valence-electron chi connectivity index (χ3n) is 0.402. The Morgan fingerprint density at radius 1 is 1.14 bits per heavy atom. The fourth-order valence-corrected chi connectivity index (χ4v) is 0.806. The predicted molar refractivity (Wildman–Crippen MR) is 37.8 cm³/mol. The minimum absolute atomic E-state index is 0.820. The molecule has 0 heterocycles. The Hall–Kier alpha value is 0.660. The molecule has 1 nitrogen and oxygen atoms in total. The van der Waals surface area contributed by atoms with Crippen LogP contribution < -0.4 is 0 Å². The number of hydrogen-bond donors (Lipinski definition) is 0. The zero-order valence-electron chi connectivity index (χ0n) is 4.64. The Bertz CT molecular complexity index is 28.9. The molecule has 0 amide bonds. The van der Waals surface area contributed by atoms with Gasteiger partial charge in [-0.3, -0.25) is 0 Å². The normalized spacial score (nSPS) is 9.43. The van der Waals surface area contributed by atoms with Crippen LogP contribution in [0.25, 0.3) is 0 Å². The predicted octanol–water partition coefficient (Wildman–Crippen LogP) is 1.64. The molecule has 0 aromatic carbocycles. The first-order valence-corrected chi connectivity index (χ1v) is 4.76. The summed E-state index contributed by atoms with van der Waals surface area (Å²) in [6.45, 7) is 0. The maximum absolute atomic E-state index is 5.06. The fourth-order valence-electron chi connectivity index (χ4n) is 0.201. The highest BCUT2D eigenvalue weighted by Gasteiger charge is 1.78. The number of rotatable bonds is 4. The molecular weight excluding hydrogens is 128 g/mol. The Balaban J connectivity index is 2.45. The first-order valence-electron chi connectivity index (χ1n) is 1.97. The Morgan fingerprint density at radius 3 is 1.86 bits per heavy atom. The smallest absolute Gasteiger partial charge is 0.0929 e. The average molecular weight is 138 g/mol. The van der Waals surface area contributed by atoms with Crippen molar-refractivity contribution in [3.8, 4) is 0 Å². The second-order valence-electron chi connectivity index (χ2n) is 1.02. The molecule has 0 rings (SSSR count). The number of hydrogen-bond acceptors (Lipinski definition) is 3. The van der Waals surface area contributed by atoms with Crippen LogP contribution in [0.4, 0.5) is 0 Å². The molecular formula is C4H10OS2. The van der Waals surface area contributed by atoms with Gasteiger partial charge in [0.1, 0.15) is 0 Å². The van der Waals surface area contributed by atoms with E-state index in [4.69, 9.17) is 4.74 Å². The van der Waals surface area contributed by atoms with Gasteiger partial charge in [-0.05, 0) is 12.5 Å². The van der Waals surface area contributed by atoms with Crippen LogP contribution in [0, 0.1) is 0 Å². The summed E-state index contributed by atoms with van der Waals surface area (Å²) in [5, 5.41) is 0. The topological polar surface area (TPSA) is 9.23 Å². The van der Waals surface area contributed by atoms with Crippen LogP contribution >= 0.6 is 23.5 Å². The van der Waals surface area contributed by atoms with Crippen LogP contribution in [-0.2, 0) is 4.74 Å². The van der Waals surface area contributed by atoms with E-state index in [-0.39, 0.29) is 0 Å². The molecule has 0 bridgehead atoms. The van der Waals surface area contributed by atoms with Crippen LogP contribution in [-0.4, -0.2) is 24.4 Å². The molecule has 0 unspecified atom stereocenters. The molecule has 44 valence electrons. The lowest BCUT2D eigenvalue weighted by Crippen LogP contribution is -1.85. The molecule has 0 aromatic heterocycles. The van der Waals surface area contributed by atoms with Gasteiger partial charge in [-0.15, -0.1) is 23.5 Å². The Labute approximate surface area is 53.2 Å². The monoisotopic (exact) mass is 138 g/mol. The molecule has 0 N–H and O–H groups in total. The second kappa shape index (κ2) is 6.66. The number of thioether (sulfide) groups is 2. The van der Waals surface area contributed by atoms with Gasteiger partial charge in [-0.1, -0.05) is 0 Å².